The molecule has 1 amide bonds. The number of ether oxygens (including phenoxy) is 1. The zero-order valence-corrected chi connectivity index (χ0v) is 18.5. The fraction of sp³-hybridized carbons (Fsp3) is 0.174. The second-order valence-electron chi connectivity index (χ2n) is 7.37. The van der Waals surface area contributed by atoms with Crippen LogP contribution in [0.25, 0.3) is 16.9 Å². The predicted octanol–water partition coefficient (Wildman–Crippen LogP) is 4.79. The van der Waals surface area contributed by atoms with Crippen LogP contribution >= 0.6 is 23.2 Å². The first-order valence-electron chi connectivity index (χ1n) is 10.1. The van der Waals surface area contributed by atoms with Crippen LogP contribution in [0.15, 0.2) is 60.8 Å². The van der Waals surface area contributed by atoms with Crippen LogP contribution in [0.3, 0.4) is 0 Å². The minimum atomic E-state index is -0.269. The number of rotatable bonds is 4. The van der Waals surface area contributed by atoms with Crippen LogP contribution in [0.5, 0.6) is 0 Å². The Morgan fingerprint density at radius 3 is 2.66 bits per heavy atom. The van der Waals surface area contributed by atoms with E-state index in [9.17, 15) is 4.79 Å². The molecule has 32 heavy (non-hydrogen) atoms. The maximum Gasteiger partial charge on any atom is 0.255 e. The highest BCUT2D eigenvalue weighted by Gasteiger charge is 2.17. The number of aromatic nitrogens is 3. The summed E-state index contributed by atoms with van der Waals surface area (Å²) in [7, 11) is 0. The smallest absolute Gasteiger partial charge is 0.255 e. The molecule has 2 aromatic carbocycles. The van der Waals surface area contributed by atoms with Crippen molar-refractivity contribution in [2.45, 2.75) is 0 Å². The van der Waals surface area contributed by atoms with Crippen LogP contribution in [0.1, 0.15) is 10.4 Å². The molecule has 2 aromatic heterocycles. The standard InChI is InChI=1S/C23H19Cl2N5O2/c24-18-5-4-16(13-19(18)25)23(31)27-17-3-1-2-15(12-17)20-6-7-26-21-14-22(28-30(20)21)29-8-10-32-11-9-29/h1-7,12-14H,8-11H2,(H,27,31). The van der Waals surface area contributed by atoms with Gasteiger partial charge in [0, 0.05) is 42.2 Å². The molecule has 9 heteroatoms. The summed E-state index contributed by atoms with van der Waals surface area (Å²) in [6.07, 6.45) is 1.76. The van der Waals surface area contributed by atoms with Gasteiger partial charge in [-0.1, -0.05) is 35.3 Å². The van der Waals surface area contributed by atoms with Gasteiger partial charge in [-0.25, -0.2) is 9.50 Å². The van der Waals surface area contributed by atoms with Gasteiger partial charge in [-0.05, 0) is 36.4 Å². The summed E-state index contributed by atoms with van der Waals surface area (Å²) in [5.41, 5.74) is 3.62. The van der Waals surface area contributed by atoms with Gasteiger partial charge >= 0.3 is 0 Å². The highest BCUT2D eigenvalue weighted by atomic mass is 35.5. The number of hydrogen-bond acceptors (Lipinski definition) is 5. The van der Waals surface area contributed by atoms with Gasteiger partial charge < -0.3 is 15.0 Å². The molecule has 4 aromatic rings. The van der Waals surface area contributed by atoms with Gasteiger partial charge in [0.25, 0.3) is 5.91 Å². The van der Waals surface area contributed by atoms with Crippen LogP contribution in [0.4, 0.5) is 11.5 Å². The van der Waals surface area contributed by atoms with Crippen LogP contribution < -0.4 is 10.2 Å². The Kier molecular flexibility index (Phi) is 5.70. The number of carbonyl (C=O) groups is 1. The van der Waals surface area contributed by atoms with Gasteiger partial charge in [0.1, 0.15) is 0 Å². The van der Waals surface area contributed by atoms with Crippen molar-refractivity contribution in [3.63, 3.8) is 0 Å². The number of nitrogens with zero attached hydrogens (tertiary/aromatic N) is 4. The molecule has 0 aliphatic carbocycles. The fourth-order valence-electron chi connectivity index (χ4n) is 3.65. The van der Waals surface area contributed by atoms with E-state index in [2.05, 4.69) is 15.2 Å². The molecular formula is C23H19Cl2N5O2. The Morgan fingerprint density at radius 2 is 1.84 bits per heavy atom. The predicted molar refractivity (Wildman–Crippen MR) is 126 cm³/mol. The summed E-state index contributed by atoms with van der Waals surface area (Å²) < 4.78 is 7.26. The molecular weight excluding hydrogens is 449 g/mol. The van der Waals surface area contributed by atoms with E-state index in [1.165, 1.54) is 0 Å². The number of halogens is 2. The number of benzene rings is 2. The molecule has 1 saturated heterocycles. The molecule has 0 spiro atoms. The van der Waals surface area contributed by atoms with Crippen molar-refractivity contribution in [2.75, 3.05) is 36.5 Å². The lowest BCUT2D eigenvalue weighted by molar-refractivity contribution is 0.102. The monoisotopic (exact) mass is 467 g/mol. The summed E-state index contributed by atoms with van der Waals surface area (Å²) in [5, 5.41) is 8.43. The minimum absolute atomic E-state index is 0.269. The molecule has 1 aliphatic heterocycles. The SMILES string of the molecule is O=C(Nc1cccc(-c2ccnc3cc(N4CCOCC4)nn23)c1)c1ccc(Cl)c(Cl)c1. The van der Waals surface area contributed by atoms with Crippen molar-refractivity contribution in [3.05, 3.63) is 76.4 Å². The van der Waals surface area contributed by atoms with Crippen LogP contribution in [0.2, 0.25) is 10.0 Å². The van der Waals surface area contributed by atoms with Gasteiger partial charge in [-0.15, -0.1) is 5.10 Å². The van der Waals surface area contributed by atoms with Crippen molar-refractivity contribution in [2.24, 2.45) is 0 Å². The van der Waals surface area contributed by atoms with Crippen LogP contribution in [-0.2, 0) is 4.74 Å². The number of amides is 1. The molecule has 5 rings (SSSR count). The molecule has 0 bridgehead atoms. The Hall–Kier alpha value is -3.13. The average molecular weight is 468 g/mol. The average Bonchev–Trinajstić information content (AvgIpc) is 3.26. The summed E-state index contributed by atoms with van der Waals surface area (Å²) in [6, 6.07) is 16.3. The first kappa shape index (κ1) is 20.8. The van der Waals surface area contributed by atoms with E-state index in [4.69, 9.17) is 33.0 Å². The molecule has 0 radical (unpaired) electrons. The number of nitrogens with one attached hydrogen (secondary N) is 1. The Labute approximate surface area is 194 Å². The molecule has 162 valence electrons. The molecule has 7 nitrogen and oxygen atoms in total. The largest absolute Gasteiger partial charge is 0.378 e. The molecule has 0 unspecified atom stereocenters. The molecule has 0 saturated carbocycles. The van der Waals surface area contributed by atoms with Gasteiger partial charge in [-0.2, -0.15) is 0 Å². The van der Waals surface area contributed by atoms with Gasteiger partial charge in [-0.3, -0.25) is 4.79 Å². The lowest BCUT2D eigenvalue weighted by Crippen LogP contribution is -2.36. The number of morpholine rings is 1. The highest BCUT2D eigenvalue weighted by Crippen LogP contribution is 2.26. The number of anilines is 2. The van der Waals surface area contributed by atoms with E-state index in [1.54, 1.807) is 24.4 Å². The van der Waals surface area contributed by atoms with Gasteiger partial charge in [0.15, 0.2) is 11.5 Å². The fourth-order valence-corrected chi connectivity index (χ4v) is 3.94. The van der Waals surface area contributed by atoms with Gasteiger partial charge in [0.05, 0.1) is 29.0 Å². The summed E-state index contributed by atoms with van der Waals surface area (Å²) >= 11 is 12.0. The van der Waals surface area contributed by atoms with E-state index < -0.39 is 0 Å². The van der Waals surface area contributed by atoms with Crippen molar-refractivity contribution >= 4 is 46.3 Å². The highest BCUT2D eigenvalue weighted by molar-refractivity contribution is 6.42. The maximum atomic E-state index is 12.7. The molecule has 1 aliphatic rings. The third-order valence-electron chi connectivity index (χ3n) is 5.28. The number of hydrogen-bond donors (Lipinski definition) is 1. The number of fused-ring (bicyclic) bond motifs is 1. The van der Waals surface area contributed by atoms with E-state index in [0.29, 0.717) is 34.5 Å². The van der Waals surface area contributed by atoms with Crippen LogP contribution in [-0.4, -0.2) is 46.8 Å². The summed E-state index contributed by atoms with van der Waals surface area (Å²) in [6.45, 7) is 2.98. The lowest BCUT2D eigenvalue weighted by Gasteiger charge is -2.26. The topological polar surface area (TPSA) is 71.8 Å². The lowest BCUT2D eigenvalue weighted by atomic mass is 10.1. The second kappa shape index (κ2) is 8.78. The van der Waals surface area contributed by atoms with Gasteiger partial charge in [0.2, 0.25) is 0 Å². The summed E-state index contributed by atoms with van der Waals surface area (Å²) in [5.74, 6) is 0.603. The second-order valence-corrected chi connectivity index (χ2v) is 8.18. The Bertz CT molecular complexity index is 1300. The molecule has 0 atom stereocenters. The normalized spacial score (nSPS) is 14.0. The first-order valence-corrected chi connectivity index (χ1v) is 10.9. The first-order chi connectivity index (χ1) is 15.6. The Balaban J connectivity index is 1.44. The van der Waals surface area contributed by atoms with Crippen molar-refractivity contribution in [3.8, 4) is 11.3 Å². The zero-order chi connectivity index (χ0) is 22.1. The van der Waals surface area contributed by atoms with E-state index in [1.807, 2.05) is 40.9 Å². The quantitative estimate of drug-likeness (QED) is 0.466. The summed E-state index contributed by atoms with van der Waals surface area (Å²) in [4.78, 5) is 19.3. The maximum absolute atomic E-state index is 12.7. The molecule has 1 N–H and O–H groups in total. The molecule has 3 heterocycles. The van der Waals surface area contributed by atoms with E-state index in [-0.39, 0.29) is 5.91 Å². The van der Waals surface area contributed by atoms with Crippen LogP contribution in [0, 0.1) is 0 Å². The molecule has 1 fully saturated rings. The van der Waals surface area contributed by atoms with E-state index >= 15 is 0 Å². The van der Waals surface area contributed by atoms with Crippen molar-refractivity contribution < 1.29 is 9.53 Å². The van der Waals surface area contributed by atoms with E-state index in [0.717, 1.165) is 35.8 Å². The zero-order valence-electron chi connectivity index (χ0n) is 17.0. The van der Waals surface area contributed by atoms with Crippen molar-refractivity contribution in [1.29, 1.82) is 0 Å². The third kappa shape index (κ3) is 4.14. The van der Waals surface area contributed by atoms with Crippen molar-refractivity contribution in [1.82, 2.24) is 14.6 Å². The minimum Gasteiger partial charge on any atom is -0.378 e. The Morgan fingerprint density at radius 1 is 1.00 bits per heavy atom. The third-order valence-corrected chi connectivity index (χ3v) is 6.02. The number of carbonyl (C=O) groups excluding carboxylic acids is 1.